The van der Waals surface area contributed by atoms with Crippen LogP contribution in [0.1, 0.15) is 24.9 Å². The molecule has 5 heteroatoms. The zero-order valence-corrected chi connectivity index (χ0v) is 12.2. The lowest BCUT2D eigenvalue weighted by atomic mass is 10.1. The number of benzene rings is 1. The van der Waals surface area contributed by atoms with Crippen molar-refractivity contribution in [2.45, 2.75) is 25.8 Å². The molecule has 4 nitrogen and oxygen atoms in total. The number of nitrogens with one attached hydrogen (secondary N) is 1. The van der Waals surface area contributed by atoms with Gasteiger partial charge in [0.2, 0.25) is 5.91 Å². The largest absolute Gasteiger partial charge is 0.354 e. The number of rotatable bonds is 6. The van der Waals surface area contributed by atoms with Gasteiger partial charge in [0.1, 0.15) is 6.04 Å². The Kier molecular flexibility index (Phi) is 5.18. The zero-order chi connectivity index (χ0) is 14.4. The predicted octanol–water partition coefficient (Wildman–Crippen LogP) is 2.85. The summed E-state index contributed by atoms with van der Waals surface area (Å²) in [6.45, 7) is 2.54. The van der Waals surface area contributed by atoms with Crippen LogP contribution in [0.5, 0.6) is 0 Å². The molecule has 106 valence electrons. The maximum Gasteiger partial charge on any atom is 0.244 e. The quantitative estimate of drug-likeness (QED) is 0.889. The van der Waals surface area contributed by atoms with Crippen LogP contribution in [0.3, 0.4) is 0 Å². The van der Waals surface area contributed by atoms with E-state index in [-0.39, 0.29) is 11.9 Å². The lowest BCUT2D eigenvalue weighted by Crippen LogP contribution is -2.33. The van der Waals surface area contributed by atoms with Crippen LogP contribution < -0.4 is 5.32 Å². The molecule has 0 radical (unpaired) electrons. The van der Waals surface area contributed by atoms with Crippen LogP contribution in [0.2, 0.25) is 5.02 Å². The molecule has 20 heavy (non-hydrogen) atoms. The van der Waals surface area contributed by atoms with Crippen molar-refractivity contribution in [1.82, 2.24) is 15.1 Å². The lowest BCUT2D eigenvalue weighted by Gasteiger charge is -2.15. The van der Waals surface area contributed by atoms with Gasteiger partial charge in [0, 0.05) is 24.0 Å². The second-order valence-electron chi connectivity index (χ2n) is 4.54. The first-order chi connectivity index (χ1) is 9.72. The average Bonchev–Trinajstić information content (AvgIpc) is 2.96. The standard InChI is InChI=1S/C15H18ClN3O/c1-2-14(19-11-5-9-18-19)15(20)17-10-8-12-6-3-4-7-13(12)16/h3-7,9,11,14H,2,8,10H2,1H3,(H,17,20). The van der Waals surface area contributed by atoms with Gasteiger partial charge in [0.05, 0.1) is 0 Å². The molecule has 1 atom stereocenters. The molecule has 2 aromatic rings. The highest BCUT2D eigenvalue weighted by atomic mass is 35.5. The molecule has 0 aliphatic rings. The third-order valence-electron chi connectivity index (χ3n) is 3.18. The fraction of sp³-hybridized carbons (Fsp3) is 0.333. The molecule has 1 aromatic carbocycles. The number of hydrogen-bond donors (Lipinski definition) is 1. The maximum atomic E-state index is 12.1. The van der Waals surface area contributed by atoms with Crippen molar-refractivity contribution < 1.29 is 4.79 Å². The SMILES string of the molecule is CCC(C(=O)NCCc1ccccc1Cl)n1cccn1. The van der Waals surface area contributed by atoms with E-state index in [0.29, 0.717) is 13.0 Å². The summed E-state index contributed by atoms with van der Waals surface area (Å²) >= 11 is 6.08. The van der Waals surface area contributed by atoms with Crippen molar-refractivity contribution in [3.8, 4) is 0 Å². The van der Waals surface area contributed by atoms with Gasteiger partial charge in [-0.15, -0.1) is 0 Å². The molecule has 0 fully saturated rings. The summed E-state index contributed by atoms with van der Waals surface area (Å²) in [5.74, 6) is -0.0109. The molecule has 0 bridgehead atoms. The summed E-state index contributed by atoms with van der Waals surface area (Å²) in [6.07, 6.45) is 4.92. The number of hydrogen-bond acceptors (Lipinski definition) is 2. The van der Waals surface area contributed by atoms with E-state index >= 15 is 0 Å². The van der Waals surface area contributed by atoms with Crippen LogP contribution in [0.15, 0.2) is 42.7 Å². The Morgan fingerprint density at radius 1 is 1.40 bits per heavy atom. The smallest absolute Gasteiger partial charge is 0.244 e. The second-order valence-corrected chi connectivity index (χ2v) is 4.95. The number of carbonyl (C=O) groups excluding carboxylic acids is 1. The molecule has 1 N–H and O–H groups in total. The van der Waals surface area contributed by atoms with Crippen LogP contribution in [0.25, 0.3) is 0 Å². The molecule has 1 unspecified atom stereocenters. The maximum absolute atomic E-state index is 12.1. The molecule has 1 aromatic heterocycles. The molecule has 0 aliphatic carbocycles. The fourth-order valence-electron chi connectivity index (χ4n) is 2.10. The molecule has 2 rings (SSSR count). The fourth-order valence-corrected chi connectivity index (χ4v) is 2.33. The van der Waals surface area contributed by atoms with Gasteiger partial charge in [0.25, 0.3) is 0 Å². The van der Waals surface area contributed by atoms with E-state index in [4.69, 9.17) is 11.6 Å². The Balaban J connectivity index is 1.87. The Morgan fingerprint density at radius 2 is 2.20 bits per heavy atom. The van der Waals surface area contributed by atoms with Gasteiger partial charge in [0.15, 0.2) is 0 Å². The Labute approximate surface area is 123 Å². The van der Waals surface area contributed by atoms with Crippen LogP contribution in [-0.4, -0.2) is 22.2 Å². The third kappa shape index (κ3) is 3.61. The van der Waals surface area contributed by atoms with Gasteiger partial charge >= 0.3 is 0 Å². The number of nitrogens with zero attached hydrogens (tertiary/aromatic N) is 2. The van der Waals surface area contributed by atoms with Gasteiger partial charge < -0.3 is 5.32 Å². The lowest BCUT2D eigenvalue weighted by molar-refractivity contribution is -0.124. The summed E-state index contributed by atoms with van der Waals surface area (Å²) < 4.78 is 1.69. The molecule has 0 saturated heterocycles. The Bertz CT molecular complexity index is 554. The van der Waals surface area contributed by atoms with E-state index in [1.54, 1.807) is 10.9 Å². The molecule has 0 saturated carbocycles. The first-order valence-corrected chi connectivity index (χ1v) is 7.10. The van der Waals surface area contributed by atoms with Gasteiger partial charge in [-0.05, 0) is 30.5 Å². The van der Waals surface area contributed by atoms with E-state index in [2.05, 4.69) is 10.4 Å². The third-order valence-corrected chi connectivity index (χ3v) is 3.55. The summed E-state index contributed by atoms with van der Waals surface area (Å²) in [5.41, 5.74) is 1.04. The van der Waals surface area contributed by atoms with Gasteiger partial charge in [-0.1, -0.05) is 36.7 Å². The van der Waals surface area contributed by atoms with Crippen molar-refractivity contribution in [1.29, 1.82) is 0 Å². The minimum absolute atomic E-state index is 0.0109. The van der Waals surface area contributed by atoms with Crippen molar-refractivity contribution in [3.63, 3.8) is 0 Å². The van der Waals surface area contributed by atoms with E-state index < -0.39 is 0 Å². The number of halogens is 1. The minimum Gasteiger partial charge on any atom is -0.354 e. The zero-order valence-electron chi connectivity index (χ0n) is 11.4. The van der Waals surface area contributed by atoms with E-state index in [0.717, 1.165) is 17.0 Å². The Hall–Kier alpha value is -1.81. The van der Waals surface area contributed by atoms with E-state index in [1.165, 1.54) is 0 Å². The van der Waals surface area contributed by atoms with E-state index in [9.17, 15) is 4.79 Å². The van der Waals surface area contributed by atoms with Crippen molar-refractivity contribution >= 4 is 17.5 Å². The first kappa shape index (κ1) is 14.6. The molecule has 1 heterocycles. The normalized spacial score (nSPS) is 12.1. The van der Waals surface area contributed by atoms with Crippen molar-refractivity contribution in [2.24, 2.45) is 0 Å². The highest BCUT2D eigenvalue weighted by Crippen LogP contribution is 2.15. The van der Waals surface area contributed by atoms with Gasteiger partial charge in [-0.2, -0.15) is 5.10 Å². The predicted molar refractivity (Wildman–Crippen MR) is 79.7 cm³/mol. The van der Waals surface area contributed by atoms with Crippen molar-refractivity contribution in [3.05, 3.63) is 53.3 Å². The average molecular weight is 292 g/mol. The summed E-state index contributed by atoms with van der Waals surface area (Å²) in [4.78, 5) is 12.1. The van der Waals surface area contributed by atoms with Crippen LogP contribution in [0.4, 0.5) is 0 Å². The van der Waals surface area contributed by atoms with Crippen LogP contribution >= 0.6 is 11.6 Å². The monoisotopic (exact) mass is 291 g/mol. The molecular formula is C15H18ClN3O. The van der Waals surface area contributed by atoms with Crippen LogP contribution in [0, 0.1) is 0 Å². The highest BCUT2D eigenvalue weighted by Gasteiger charge is 2.17. The molecular weight excluding hydrogens is 274 g/mol. The van der Waals surface area contributed by atoms with Gasteiger partial charge in [-0.25, -0.2) is 0 Å². The molecule has 0 spiro atoms. The number of amides is 1. The van der Waals surface area contributed by atoms with Crippen LogP contribution in [-0.2, 0) is 11.2 Å². The number of carbonyl (C=O) groups is 1. The highest BCUT2D eigenvalue weighted by molar-refractivity contribution is 6.31. The van der Waals surface area contributed by atoms with E-state index in [1.807, 2.05) is 43.5 Å². The van der Waals surface area contributed by atoms with Gasteiger partial charge in [-0.3, -0.25) is 9.48 Å². The number of aromatic nitrogens is 2. The second kappa shape index (κ2) is 7.10. The minimum atomic E-state index is -0.253. The molecule has 1 amide bonds. The van der Waals surface area contributed by atoms with Crippen molar-refractivity contribution in [2.75, 3.05) is 6.54 Å². The topological polar surface area (TPSA) is 46.9 Å². The summed E-state index contributed by atoms with van der Waals surface area (Å²) in [6, 6.07) is 9.24. The Morgan fingerprint density at radius 3 is 2.85 bits per heavy atom. The molecule has 0 aliphatic heterocycles. The summed E-state index contributed by atoms with van der Waals surface area (Å²) in [7, 11) is 0. The first-order valence-electron chi connectivity index (χ1n) is 6.72. The summed E-state index contributed by atoms with van der Waals surface area (Å²) in [5, 5.41) is 7.80.